The van der Waals surface area contributed by atoms with Crippen molar-refractivity contribution in [1.29, 1.82) is 5.26 Å². The normalized spacial score (nSPS) is 12.2. The maximum Gasteiger partial charge on any atom is 0.310 e. The maximum atomic E-state index is 11.1. The molecule has 4 nitrogen and oxygen atoms in total. The molecule has 2 N–H and O–H groups in total. The third-order valence-corrected chi connectivity index (χ3v) is 3.38. The highest BCUT2D eigenvalue weighted by atomic mass is 16.4. The molecule has 4 heteroatoms. The zero-order valence-electron chi connectivity index (χ0n) is 10.6. The molecule has 0 amide bonds. The lowest BCUT2D eigenvalue weighted by Crippen LogP contribution is -2.55. The van der Waals surface area contributed by atoms with Gasteiger partial charge in [-0.3, -0.25) is 4.79 Å². The van der Waals surface area contributed by atoms with Crippen LogP contribution in [0.4, 0.5) is 0 Å². The van der Waals surface area contributed by atoms with E-state index >= 15 is 0 Å². The van der Waals surface area contributed by atoms with Crippen molar-refractivity contribution in [2.45, 2.75) is 52.5 Å². The number of rotatable bonds is 7. The molecule has 0 rings (SSSR count). The molecule has 92 valence electrons. The summed E-state index contributed by atoms with van der Waals surface area (Å²) in [4.78, 5) is 11.1. The van der Waals surface area contributed by atoms with E-state index in [-0.39, 0.29) is 0 Å². The first-order valence-electron chi connectivity index (χ1n) is 5.61. The first-order chi connectivity index (χ1) is 7.25. The van der Waals surface area contributed by atoms with Crippen LogP contribution in [0.5, 0.6) is 0 Å². The molecule has 0 spiro atoms. The highest BCUT2D eigenvalue weighted by molar-refractivity contribution is 5.75. The number of aliphatic carboxylic acids is 1. The summed E-state index contributed by atoms with van der Waals surface area (Å²) in [5, 5.41) is 20.8. The number of nitrogens with one attached hydrogen (secondary N) is 1. The average Bonchev–Trinajstić information content (AvgIpc) is 2.16. The van der Waals surface area contributed by atoms with Gasteiger partial charge in [0.1, 0.15) is 0 Å². The van der Waals surface area contributed by atoms with Crippen LogP contribution in [0.15, 0.2) is 0 Å². The van der Waals surface area contributed by atoms with Crippen LogP contribution in [-0.4, -0.2) is 23.2 Å². The van der Waals surface area contributed by atoms with Crippen molar-refractivity contribution >= 4 is 5.97 Å². The first-order valence-corrected chi connectivity index (χ1v) is 5.61. The van der Waals surface area contributed by atoms with E-state index in [1.165, 1.54) is 0 Å². The molecule has 0 aromatic heterocycles. The number of nitriles is 1. The summed E-state index contributed by atoms with van der Waals surface area (Å²) >= 11 is 0. The van der Waals surface area contributed by atoms with Gasteiger partial charge in [-0.1, -0.05) is 0 Å². The Balaban J connectivity index is 4.15. The number of unbranched alkanes of at least 4 members (excludes halogenated alkanes) is 2. The summed E-state index contributed by atoms with van der Waals surface area (Å²) in [6.45, 7) is 7.97. The van der Waals surface area contributed by atoms with Crippen LogP contribution in [0.3, 0.4) is 0 Å². The quantitative estimate of drug-likeness (QED) is 0.652. The highest BCUT2D eigenvalue weighted by Crippen LogP contribution is 2.30. The molecular weight excluding hydrogens is 204 g/mol. The van der Waals surface area contributed by atoms with Gasteiger partial charge >= 0.3 is 5.97 Å². The van der Waals surface area contributed by atoms with E-state index in [1.54, 1.807) is 13.8 Å². The fraction of sp³-hybridized carbons (Fsp3) is 0.833. The second-order valence-electron chi connectivity index (χ2n) is 5.10. The summed E-state index contributed by atoms with van der Waals surface area (Å²) in [7, 11) is 0. The lowest BCUT2D eigenvalue weighted by Gasteiger charge is -2.39. The lowest BCUT2D eigenvalue weighted by atomic mass is 9.74. The van der Waals surface area contributed by atoms with Gasteiger partial charge in [0.15, 0.2) is 0 Å². The number of hydrogen-bond donors (Lipinski definition) is 2. The van der Waals surface area contributed by atoms with E-state index in [2.05, 4.69) is 11.4 Å². The van der Waals surface area contributed by atoms with Gasteiger partial charge in [0.2, 0.25) is 0 Å². The summed E-state index contributed by atoms with van der Waals surface area (Å²) < 4.78 is 0. The summed E-state index contributed by atoms with van der Waals surface area (Å²) in [6.07, 6.45) is 2.31. The Hall–Kier alpha value is -1.08. The van der Waals surface area contributed by atoms with E-state index < -0.39 is 16.9 Å². The Kier molecular flexibility index (Phi) is 5.46. The van der Waals surface area contributed by atoms with E-state index in [1.807, 2.05) is 13.8 Å². The number of carboxylic acids is 1. The second-order valence-corrected chi connectivity index (χ2v) is 5.10. The molecule has 0 aromatic carbocycles. The molecule has 0 aliphatic rings. The third kappa shape index (κ3) is 3.82. The van der Waals surface area contributed by atoms with E-state index in [4.69, 9.17) is 10.4 Å². The standard InChI is InChI=1S/C12H22N2O2/c1-11(2,10(15)16)12(3,4)14-9-7-5-6-8-13/h14H,5-7,9H2,1-4H3,(H,15,16). The SMILES string of the molecule is CC(C)(NCCCCC#N)C(C)(C)C(=O)O. The molecule has 0 saturated carbocycles. The number of carboxylic acid groups (broad SMARTS) is 1. The molecule has 0 atom stereocenters. The Morgan fingerprint density at radius 3 is 2.31 bits per heavy atom. The van der Waals surface area contributed by atoms with Gasteiger partial charge in [-0.15, -0.1) is 0 Å². The van der Waals surface area contributed by atoms with Crippen LogP contribution >= 0.6 is 0 Å². The van der Waals surface area contributed by atoms with Crippen LogP contribution in [0.2, 0.25) is 0 Å². The monoisotopic (exact) mass is 226 g/mol. The first kappa shape index (κ1) is 14.9. The van der Waals surface area contributed by atoms with Crippen molar-refractivity contribution in [2.24, 2.45) is 5.41 Å². The van der Waals surface area contributed by atoms with Crippen LogP contribution < -0.4 is 5.32 Å². The molecular formula is C12H22N2O2. The average molecular weight is 226 g/mol. The third-order valence-electron chi connectivity index (χ3n) is 3.38. The highest BCUT2D eigenvalue weighted by Gasteiger charge is 2.42. The molecule has 0 fully saturated rings. The summed E-state index contributed by atoms with van der Waals surface area (Å²) in [5.74, 6) is -0.804. The molecule has 0 radical (unpaired) electrons. The summed E-state index contributed by atoms with van der Waals surface area (Å²) in [6, 6.07) is 2.09. The molecule has 0 aliphatic carbocycles. The van der Waals surface area contributed by atoms with Crippen molar-refractivity contribution < 1.29 is 9.90 Å². The predicted molar refractivity (Wildman–Crippen MR) is 63.0 cm³/mol. The van der Waals surface area contributed by atoms with Gasteiger partial charge in [-0.25, -0.2) is 0 Å². The Morgan fingerprint density at radius 2 is 1.88 bits per heavy atom. The molecule has 0 aromatic rings. The van der Waals surface area contributed by atoms with Crippen LogP contribution in [0, 0.1) is 16.7 Å². The Labute approximate surface area is 97.7 Å². The number of hydrogen-bond acceptors (Lipinski definition) is 3. The summed E-state index contributed by atoms with van der Waals surface area (Å²) in [5.41, 5.74) is -1.28. The molecule has 0 aliphatic heterocycles. The molecule has 0 saturated heterocycles. The predicted octanol–water partition coefficient (Wildman–Crippen LogP) is 2.16. The van der Waals surface area contributed by atoms with E-state index in [9.17, 15) is 4.79 Å². The van der Waals surface area contributed by atoms with Crippen molar-refractivity contribution in [1.82, 2.24) is 5.32 Å². The van der Waals surface area contributed by atoms with Gasteiger partial charge < -0.3 is 10.4 Å². The number of nitrogens with zero attached hydrogens (tertiary/aromatic N) is 1. The fourth-order valence-corrected chi connectivity index (χ4v) is 1.22. The Morgan fingerprint density at radius 1 is 1.31 bits per heavy atom. The zero-order chi connectivity index (χ0) is 12.8. The largest absolute Gasteiger partial charge is 0.481 e. The van der Waals surface area contributed by atoms with Gasteiger partial charge in [0, 0.05) is 12.0 Å². The van der Waals surface area contributed by atoms with Gasteiger partial charge in [-0.05, 0) is 47.1 Å². The fourth-order valence-electron chi connectivity index (χ4n) is 1.22. The minimum absolute atomic E-state index is 0.467. The molecule has 0 bridgehead atoms. The second kappa shape index (κ2) is 5.86. The topological polar surface area (TPSA) is 73.1 Å². The minimum Gasteiger partial charge on any atom is -0.481 e. The maximum absolute atomic E-state index is 11.1. The lowest BCUT2D eigenvalue weighted by molar-refractivity contribution is -0.151. The zero-order valence-corrected chi connectivity index (χ0v) is 10.6. The molecule has 0 unspecified atom stereocenters. The van der Waals surface area contributed by atoms with Crippen LogP contribution in [0.25, 0.3) is 0 Å². The smallest absolute Gasteiger partial charge is 0.310 e. The van der Waals surface area contributed by atoms with Crippen molar-refractivity contribution in [2.75, 3.05) is 6.54 Å². The van der Waals surface area contributed by atoms with Gasteiger partial charge in [0.25, 0.3) is 0 Å². The van der Waals surface area contributed by atoms with Crippen molar-refractivity contribution in [3.63, 3.8) is 0 Å². The number of carbonyl (C=O) groups is 1. The molecule has 16 heavy (non-hydrogen) atoms. The molecule has 0 heterocycles. The van der Waals surface area contributed by atoms with Crippen molar-refractivity contribution in [3.05, 3.63) is 0 Å². The van der Waals surface area contributed by atoms with Crippen LogP contribution in [0.1, 0.15) is 47.0 Å². The Bertz CT molecular complexity index is 277. The van der Waals surface area contributed by atoms with Crippen molar-refractivity contribution in [3.8, 4) is 6.07 Å². The van der Waals surface area contributed by atoms with Gasteiger partial charge in [-0.2, -0.15) is 5.26 Å². The van der Waals surface area contributed by atoms with E-state index in [0.29, 0.717) is 6.42 Å². The van der Waals surface area contributed by atoms with E-state index in [0.717, 1.165) is 19.4 Å². The van der Waals surface area contributed by atoms with Gasteiger partial charge in [0.05, 0.1) is 11.5 Å². The van der Waals surface area contributed by atoms with Crippen LogP contribution in [-0.2, 0) is 4.79 Å². The minimum atomic E-state index is -0.817.